The number of hydrogen-bond donors (Lipinski definition) is 1. The van der Waals surface area contributed by atoms with Crippen molar-refractivity contribution >= 4 is 0 Å². The molecular formula is C11H13N3O. The van der Waals surface area contributed by atoms with Gasteiger partial charge in [0.2, 0.25) is 12.2 Å². The molecule has 0 saturated carbocycles. The molecule has 4 heteroatoms. The summed E-state index contributed by atoms with van der Waals surface area (Å²) < 4.78 is 4.71. The second kappa shape index (κ2) is 4.70. The standard InChI is InChI=1S/C11H13N3O/c12-6-2-4-9-3-1-5-10(7-9)11-13-8-15-14-11/h1,3,5,7-8H,2,4,6,12H2. The summed E-state index contributed by atoms with van der Waals surface area (Å²) in [6.45, 7) is 0.715. The SMILES string of the molecule is NCCCc1cccc(-c2ncon2)c1. The van der Waals surface area contributed by atoms with E-state index in [4.69, 9.17) is 10.3 Å². The lowest BCUT2D eigenvalue weighted by molar-refractivity contribution is 0.419. The number of aromatic nitrogens is 2. The van der Waals surface area contributed by atoms with Crippen LogP contribution in [-0.4, -0.2) is 16.7 Å². The van der Waals surface area contributed by atoms with Crippen LogP contribution in [0.4, 0.5) is 0 Å². The average Bonchev–Trinajstić information content (AvgIpc) is 2.80. The zero-order valence-electron chi connectivity index (χ0n) is 8.39. The van der Waals surface area contributed by atoms with Crippen LogP contribution in [0.1, 0.15) is 12.0 Å². The Bertz CT molecular complexity index is 412. The maximum Gasteiger partial charge on any atom is 0.214 e. The van der Waals surface area contributed by atoms with E-state index in [1.54, 1.807) is 0 Å². The summed E-state index contributed by atoms with van der Waals surface area (Å²) in [5, 5.41) is 3.80. The number of aryl methyl sites for hydroxylation is 1. The zero-order valence-corrected chi connectivity index (χ0v) is 8.39. The second-order valence-electron chi connectivity index (χ2n) is 3.35. The fraction of sp³-hybridized carbons (Fsp3) is 0.273. The van der Waals surface area contributed by atoms with Gasteiger partial charge in [0.15, 0.2) is 0 Å². The molecule has 0 aliphatic rings. The highest BCUT2D eigenvalue weighted by molar-refractivity contribution is 5.55. The van der Waals surface area contributed by atoms with Gasteiger partial charge in [-0.3, -0.25) is 0 Å². The van der Waals surface area contributed by atoms with Crippen molar-refractivity contribution in [2.75, 3.05) is 6.54 Å². The molecule has 2 aromatic rings. The van der Waals surface area contributed by atoms with E-state index in [2.05, 4.69) is 22.3 Å². The third-order valence-electron chi connectivity index (χ3n) is 2.22. The summed E-state index contributed by atoms with van der Waals surface area (Å²) in [4.78, 5) is 4.01. The van der Waals surface area contributed by atoms with E-state index in [9.17, 15) is 0 Å². The summed E-state index contributed by atoms with van der Waals surface area (Å²) in [6.07, 6.45) is 3.32. The molecule has 1 aromatic carbocycles. The monoisotopic (exact) mass is 203 g/mol. The van der Waals surface area contributed by atoms with Crippen molar-refractivity contribution in [3.05, 3.63) is 36.2 Å². The summed E-state index contributed by atoms with van der Waals surface area (Å²) in [7, 11) is 0. The third kappa shape index (κ3) is 2.41. The van der Waals surface area contributed by atoms with E-state index in [1.807, 2.05) is 12.1 Å². The molecule has 2 rings (SSSR count). The van der Waals surface area contributed by atoms with Crippen molar-refractivity contribution in [3.8, 4) is 11.4 Å². The van der Waals surface area contributed by atoms with Gasteiger partial charge in [-0.05, 0) is 31.0 Å². The van der Waals surface area contributed by atoms with Gasteiger partial charge < -0.3 is 10.3 Å². The minimum atomic E-state index is 0.629. The highest BCUT2D eigenvalue weighted by atomic mass is 16.5. The molecule has 0 saturated heterocycles. The van der Waals surface area contributed by atoms with Crippen molar-refractivity contribution in [1.82, 2.24) is 10.1 Å². The van der Waals surface area contributed by atoms with Crippen molar-refractivity contribution in [1.29, 1.82) is 0 Å². The minimum Gasteiger partial charge on any atom is -0.342 e. The molecule has 15 heavy (non-hydrogen) atoms. The van der Waals surface area contributed by atoms with Gasteiger partial charge in [-0.1, -0.05) is 23.4 Å². The highest BCUT2D eigenvalue weighted by Gasteiger charge is 2.03. The van der Waals surface area contributed by atoms with Crippen LogP contribution in [0, 0.1) is 0 Å². The van der Waals surface area contributed by atoms with Gasteiger partial charge >= 0.3 is 0 Å². The molecule has 0 atom stereocenters. The average molecular weight is 203 g/mol. The molecule has 78 valence electrons. The third-order valence-corrected chi connectivity index (χ3v) is 2.22. The second-order valence-corrected chi connectivity index (χ2v) is 3.35. The minimum absolute atomic E-state index is 0.629. The van der Waals surface area contributed by atoms with Gasteiger partial charge in [0, 0.05) is 5.56 Å². The number of benzene rings is 1. The van der Waals surface area contributed by atoms with Crippen molar-refractivity contribution in [2.24, 2.45) is 5.73 Å². The quantitative estimate of drug-likeness (QED) is 0.820. The summed E-state index contributed by atoms with van der Waals surface area (Å²) >= 11 is 0. The first-order valence-electron chi connectivity index (χ1n) is 4.96. The predicted molar refractivity (Wildman–Crippen MR) is 57.1 cm³/mol. The van der Waals surface area contributed by atoms with Gasteiger partial charge in [0.1, 0.15) is 0 Å². The lowest BCUT2D eigenvalue weighted by Gasteiger charge is -2.01. The first-order valence-corrected chi connectivity index (χ1v) is 4.96. The van der Waals surface area contributed by atoms with Crippen LogP contribution in [0.25, 0.3) is 11.4 Å². The Morgan fingerprint density at radius 1 is 1.33 bits per heavy atom. The van der Waals surface area contributed by atoms with E-state index < -0.39 is 0 Å². The smallest absolute Gasteiger partial charge is 0.214 e. The number of rotatable bonds is 4. The summed E-state index contributed by atoms with van der Waals surface area (Å²) in [5.41, 5.74) is 7.71. The van der Waals surface area contributed by atoms with E-state index in [-0.39, 0.29) is 0 Å². The Kier molecular flexibility index (Phi) is 3.09. The summed E-state index contributed by atoms with van der Waals surface area (Å²) in [6, 6.07) is 8.12. The van der Waals surface area contributed by atoms with E-state index >= 15 is 0 Å². The lowest BCUT2D eigenvalue weighted by Crippen LogP contribution is -2.00. The molecule has 1 aromatic heterocycles. The Morgan fingerprint density at radius 3 is 3.00 bits per heavy atom. The normalized spacial score (nSPS) is 10.5. The van der Waals surface area contributed by atoms with Crippen LogP contribution in [0.3, 0.4) is 0 Å². The van der Waals surface area contributed by atoms with E-state index in [0.29, 0.717) is 12.4 Å². The maximum atomic E-state index is 5.47. The number of nitrogens with two attached hydrogens (primary N) is 1. The van der Waals surface area contributed by atoms with Crippen molar-refractivity contribution in [3.63, 3.8) is 0 Å². The van der Waals surface area contributed by atoms with Crippen LogP contribution in [0.5, 0.6) is 0 Å². The fourth-order valence-electron chi connectivity index (χ4n) is 1.47. The van der Waals surface area contributed by atoms with Gasteiger partial charge in [-0.2, -0.15) is 4.98 Å². The van der Waals surface area contributed by atoms with E-state index in [0.717, 1.165) is 18.4 Å². The van der Waals surface area contributed by atoms with Crippen molar-refractivity contribution < 1.29 is 4.52 Å². The number of hydrogen-bond acceptors (Lipinski definition) is 4. The first-order chi connectivity index (χ1) is 7.40. The molecule has 0 aliphatic carbocycles. The van der Waals surface area contributed by atoms with E-state index in [1.165, 1.54) is 12.0 Å². The highest BCUT2D eigenvalue weighted by Crippen LogP contribution is 2.16. The zero-order chi connectivity index (χ0) is 10.5. The molecule has 4 nitrogen and oxygen atoms in total. The predicted octanol–water partition coefficient (Wildman–Crippen LogP) is 1.63. The van der Waals surface area contributed by atoms with Crippen LogP contribution in [0.2, 0.25) is 0 Å². The molecule has 0 radical (unpaired) electrons. The van der Waals surface area contributed by atoms with Crippen LogP contribution < -0.4 is 5.73 Å². The van der Waals surface area contributed by atoms with Crippen molar-refractivity contribution in [2.45, 2.75) is 12.8 Å². The molecule has 0 amide bonds. The van der Waals surface area contributed by atoms with Crippen LogP contribution in [0.15, 0.2) is 35.2 Å². The maximum absolute atomic E-state index is 5.47. The molecule has 1 heterocycles. The lowest BCUT2D eigenvalue weighted by atomic mass is 10.1. The molecular weight excluding hydrogens is 190 g/mol. The number of nitrogens with zero attached hydrogens (tertiary/aromatic N) is 2. The molecule has 2 N–H and O–H groups in total. The Morgan fingerprint density at radius 2 is 2.27 bits per heavy atom. The van der Waals surface area contributed by atoms with Gasteiger partial charge in [0.25, 0.3) is 0 Å². The molecule has 0 spiro atoms. The summed E-state index contributed by atoms with van der Waals surface area (Å²) in [5.74, 6) is 0.629. The Labute approximate surface area is 88.1 Å². The molecule has 0 bridgehead atoms. The van der Waals surface area contributed by atoms with Gasteiger partial charge in [0.05, 0.1) is 0 Å². The van der Waals surface area contributed by atoms with Crippen LogP contribution >= 0.6 is 0 Å². The van der Waals surface area contributed by atoms with Crippen LogP contribution in [-0.2, 0) is 6.42 Å². The topological polar surface area (TPSA) is 64.9 Å². The molecule has 0 unspecified atom stereocenters. The largest absolute Gasteiger partial charge is 0.342 e. The Hall–Kier alpha value is -1.68. The first kappa shape index (κ1) is 9.86. The van der Waals surface area contributed by atoms with Gasteiger partial charge in [-0.25, -0.2) is 0 Å². The van der Waals surface area contributed by atoms with Gasteiger partial charge in [-0.15, -0.1) is 0 Å². The Balaban J connectivity index is 2.19. The molecule has 0 aliphatic heterocycles. The molecule has 0 fully saturated rings. The fourth-order valence-corrected chi connectivity index (χ4v) is 1.47.